The predicted octanol–water partition coefficient (Wildman–Crippen LogP) is 2.83. The summed E-state index contributed by atoms with van der Waals surface area (Å²) in [5.74, 6) is -0.0936. The summed E-state index contributed by atoms with van der Waals surface area (Å²) in [6.07, 6.45) is 1.82. The number of methoxy groups -OCH3 is 1. The molecule has 0 saturated carbocycles. The highest BCUT2D eigenvalue weighted by Gasteiger charge is 2.27. The minimum Gasteiger partial charge on any atom is -0.494 e. The molecule has 2 aromatic carbocycles. The molecule has 0 fully saturated rings. The van der Waals surface area contributed by atoms with E-state index in [1.165, 1.54) is 17.9 Å². The standard InChI is InChI=1S/C21H19N3O3/c1-27-18-14-19(25)24(16-10-3-2-4-11-16)22-20(18)21(26)23-13-7-9-15-8-5-6-12-17(15)23/h2-6,8,10-12,14H,7,9,13H2,1H3. The molecule has 0 atom stereocenters. The number of aryl methyl sites for hydroxylation is 1. The Morgan fingerprint density at radius 3 is 2.59 bits per heavy atom. The van der Waals surface area contributed by atoms with E-state index < -0.39 is 0 Å². The molecule has 2 heterocycles. The van der Waals surface area contributed by atoms with Crippen LogP contribution < -0.4 is 15.2 Å². The van der Waals surface area contributed by atoms with Crippen LogP contribution in [0.25, 0.3) is 5.69 Å². The van der Waals surface area contributed by atoms with Crippen LogP contribution in [0.2, 0.25) is 0 Å². The first-order valence-electron chi connectivity index (χ1n) is 8.82. The predicted molar refractivity (Wildman–Crippen MR) is 103 cm³/mol. The van der Waals surface area contributed by atoms with E-state index in [-0.39, 0.29) is 22.9 Å². The van der Waals surface area contributed by atoms with Gasteiger partial charge in [-0.3, -0.25) is 9.59 Å². The summed E-state index contributed by atoms with van der Waals surface area (Å²) in [7, 11) is 1.43. The minimum atomic E-state index is -0.353. The zero-order chi connectivity index (χ0) is 18.8. The van der Waals surface area contributed by atoms with Gasteiger partial charge in [0.1, 0.15) is 0 Å². The maximum atomic E-state index is 13.3. The fourth-order valence-electron chi connectivity index (χ4n) is 3.37. The SMILES string of the molecule is COc1cc(=O)n(-c2ccccc2)nc1C(=O)N1CCCc2ccccc21. The highest BCUT2D eigenvalue weighted by atomic mass is 16.5. The lowest BCUT2D eigenvalue weighted by Crippen LogP contribution is -2.37. The van der Waals surface area contributed by atoms with Crippen LogP contribution in [0.3, 0.4) is 0 Å². The Morgan fingerprint density at radius 1 is 1.07 bits per heavy atom. The summed E-state index contributed by atoms with van der Waals surface area (Å²) in [6, 6.07) is 18.2. The lowest BCUT2D eigenvalue weighted by atomic mass is 10.0. The average Bonchev–Trinajstić information content (AvgIpc) is 2.73. The van der Waals surface area contributed by atoms with Gasteiger partial charge in [-0.05, 0) is 36.6 Å². The normalized spacial score (nSPS) is 13.1. The fourth-order valence-corrected chi connectivity index (χ4v) is 3.37. The maximum absolute atomic E-state index is 13.3. The van der Waals surface area contributed by atoms with Crippen LogP contribution in [0.5, 0.6) is 5.75 Å². The van der Waals surface area contributed by atoms with E-state index >= 15 is 0 Å². The molecule has 6 nitrogen and oxygen atoms in total. The zero-order valence-corrected chi connectivity index (χ0v) is 15.0. The molecule has 0 radical (unpaired) electrons. The van der Waals surface area contributed by atoms with E-state index in [0.717, 1.165) is 24.1 Å². The molecule has 3 aromatic rings. The van der Waals surface area contributed by atoms with Crippen LogP contribution in [0.1, 0.15) is 22.5 Å². The highest BCUT2D eigenvalue weighted by molar-refractivity contribution is 6.07. The summed E-state index contributed by atoms with van der Waals surface area (Å²) in [6.45, 7) is 0.602. The van der Waals surface area contributed by atoms with E-state index in [9.17, 15) is 9.59 Å². The second-order valence-electron chi connectivity index (χ2n) is 6.34. The molecule has 0 aliphatic carbocycles. The van der Waals surface area contributed by atoms with Gasteiger partial charge in [0.25, 0.3) is 11.5 Å². The number of amides is 1. The van der Waals surface area contributed by atoms with Crippen molar-refractivity contribution in [2.24, 2.45) is 0 Å². The number of hydrogen-bond donors (Lipinski definition) is 0. The number of carbonyl (C=O) groups excluding carboxylic acids is 1. The number of benzene rings is 2. The number of ether oxygens (including phenoxy) is 1. The second kappa shape index (κ2) is 7.07. The Labute approximate surface area is 156 Å². The van der Waals surface area contributed by atoms with Crippen molar-refractivity contribution < 1.29 is 9.53 Å². The third-order valence-electron chi connectivity index (χ3n) is 4.68. The molecule has 0 bridgehead atoms. The highest BCUT2D eigenvalue weighted by Crippen LogP contribution is 2.29. The molecule has 0 saturated heterocycles. The van der Waals surface area contributed by atoms with Crippen LogP contribution in [0.4, 0.5) is 5.69 Å². The molecule has 0 spiro atoms. The fraction of sp³-hybridized carbons (Fsp3) is 0.190. The molecule has 27 heavy (non-hydrogen) atoms. The van der Waals surface area contributed by atoms with E-state index in [2.05, 4.69) is 5.10 Å². The smallest absolute Gasteiger partial charge is 0.282 e. The maximum Gasteiger partial charge on any atom is 0.282 e. The van der Waals surface area contributed by atoms with E-state index in [4.69, 9.17) is 4.74 Å². The summed E-state index contributed by atoms with van der Waals surface area (Å²) < 4.78 is 6.52. The summed E-state index contributed by atoms with van der Waals surface area (Å²) in [4.78, 5) is 27.5. The van der Waals surface area contributed by atoms with Crippen LogP contribution in [-0.2, 0) is 6.42 Å². The Kier molecular flexibility index (Phi) is 4.46. The van der Waals surface area contributed by atoms with Crippen molar-refractivity contribution in [1.82, 2.24) is 9.78 Å². The average molecular weight is 361 g/mol. The summed E-state index contributed by atoms with van der Waals surface area (Å²) in [5.41, 5.74) is 2.38. The van der Waals surface area contributed by atoms with Crippen molar-refractivity contribution in [3.63, 3.8) is 0 Å². The lowest BCUT2D eigenvalue weighted by Gasteiger charge is -2.29. The van der Waals surface area contributed by atoms with Crippen molar-refractivity contribution in [3.8, 4) is 11.4 Å². The number of fused-ring (bicyclic) bond motifs is 1. The van der Waals surface area contributed by atoms with Crippen LogP contribution in [0, 0.1) is 0 Å². The minimum absolute atomic E-state index is 0.123. The molecule has 0 N–H and O–H groups in total. The third kappa shape index (κ3) is 3.10. The van der Waals surface area contributed by atoms with Crippen LogP contribution >= 0.6 is 0 Å². The van der Waals surface area contributed by atoms with Gasteiger partial charge in [-0.2, -0.15) is 9.78 Å². The van der Waals surface area contributed by atoms with Gasteiger partial charge in [0.2, 0.25) is 0 Å². The Hall–Kier alpha value is -3.41. The van der Waals surface area contributed by atoms with Gasteiger partial charge in [0, 0.05) is 12.2 Å². The second-order valence-corrected chi connectivity index (χ2v) is 6.34. The molecule has 0 unspecified atom stereocenters. The number of carbonyl (C=O) groups is 1. The van der Waals surface area contributed by atoms with E-state index in [1.807, 2.05) is 42.5 Å². The van der Waals surface area contributed by atoms with Crippen molar-refractivity contribution in [3.05, 3.63) is 82.3 Å². The molecular formula is C21H19N3O3. The van der Waals surface area contributed by atoms with Gasteiger partial charge >= 0.3 is 0 Å². The van der Waals surface area contributed by atoms with Crippen molar-refractivity contribution >= 4 is 11.6 Å². The Morgan fingerprint density at radius 2 is 1.81 bits per heavy atom. The number of nitrogens with zero attached hydrogens (tertiary/aromatic N) is 3. The van der Waals surface area contributed by atoms with Gasteiger partial charge < -0.3 is 9.64 Å². The molecular weight excluding hydrogens is 342 g/mol. The molecule has 136 valence electrons. The van der Waals surface area contributed by atoms with Crippen LogP contribution in [-0.4, -0.2) is 29.3 Å². The van der Waals surface area contributed by atoms with E-state index in [0.29, 0.717) is 12.2 Å². The number of anilines is 1. The van der Waals surface area contributed by atoms with Crippen molar-refractivity contribution in [2.75, 3.05) is 18.6 Å². The largest absolute Gasteiger partial charge is 0.494 e. The topological polar surface area (TPSA) is 64.4 Å². The Bertz CT molecular complexity index is 1040. The number of rotatable bonds is 3. The van der Waals surface area contributed by atoms with Gasteiger partial charge in [-0.15, -0.1) is 0 Å². The molecule has 1 aliphatic rings. The van der Waals surface area contributed by atoms with Crippen molar-refractivity contribution in [1.29, 1.82) is 0 Å². The van der Waals surface area contributed by atoms with Crippen LogP contribution in [0.15, 0.2) is 65.5 Å². The van der Waals surface area contributed by atoms with E-state index in [1.54, 1.807) is 17.0 Å². The van der Waals surface area contributed by atoms with Gasteiger partial charge in [0.15, 0.2) is 11.4 Å². The molecule has 1 aromatic heterocycles. The van der Waals surface area contributed by atoms with Gasteiger partial charge in [0.05, 0.1) is 18.9 Å². The van der Waals surface area contributed by atoms with Gasteiger partial charge in [-0.1, -0.05) is 36.4 Å². The van der Waals surface area contributed by atoms with Gasteiger partial charge in [-0.25, -0.2) is 0 Å². The first kappa shape index (κ1) is 17.0. The Balaban J connectivity index is 1.82. The lowest BCUT2D eigenvalue weighted by molar-refractivity contribution is 0.0975. The molecule has 1 amide bonds. The first-order chi connectivity index (χ1) is 13.2. The quantitative estimate of drug-likeness (QED) is 0.720. The summed E-state index contributed by atoms with van der Waals surface area (Å²) >= 11 is 0. The zero-order valence-electron chi connectivity index (χ0n) is 15.0. The first-order valence-corrected chi connectivity index (χ1v) is 8.82. The number of hydrogen-bond acceptors (Lipinski definition) is 4. The number of aromatic nitrogens is 2. The van der Waals surface area contributed by atoms with Crippen molar-refractivity contribution in [2.45, 2.75) is 12.8 Å². The number of para-hydroxylation sites is 2. The monoisotopic (exact) mass is 361 g/mol. The molecule has 1 aliphatic heterocycles. The molecule has 6 heteroatoms. The third-order valence-corrected chi connectivity index (χ3v) is 4.68. The summed E-state index contributed by atoms with van der Waals surface area (Å²) in [5, 5.41) is 4.35. The molecule has 4 rings (SSSR count).